The number of aliphatic hydroxyl groups is 1. The summed E-state index contributed by atoms with van der Waals surface area (Å²) >= 11 is 5.89. The second-order valence-electron chi connectivity index (χ2n) is 5.72. The van der Waals surface area contributed by atoms with Crippen molar-refractivity contribution in [2.75, 3.05) is 0 Å². The second kappa shape index (κ2) is 6.63. The molecular formula is C21H15ClO3. The number of ether oxygens (including phenoxy) is 1. The lowest BCUT2D eigenvalue weighted by molar-refractivity contribution is 0.282. The van der Waals surface area contributed by atoms with E-state index in [9.17, 15) is 0 Å². The number of aliphatic hydroxyl groups excluding tert-OH is 1. The van der Waals surface area contributed by atoms with E-state index in [-0.39, 0.29) is 6.61 Å². The second-order valence-corrected chi connectivity index (χ2v) is 6.16. The number of fused-ring (bicyclic) bond motifs is 1. The molecule has 0 spiro atoms. The molecule has 0 saturated carbocycles. The highest BCUT2D eigenvalue weighted by Gasteiger charge is 2.08. The van der Waals surface area contributed by atoms with E-state index in [1.807, 2.05) is 60.7 Å². The first-order valence-electron chi connectivity index (χ1n) is 7.88. The highest BCUT2D eigenvalue weighted by molar-refractivity contribution is 6.30. The van der Waals surface area contributed by atoms with E-state index in [1.54, 1.807) is 12.1 Å². The van der Waals surface area contributed by atoms with E-state index in [4.69, 9.17) is 25.9 Å². The van der Waals surface area contributed by atoms with Crippen LogP contribution in [0.5, 0.6) is 11.5 Å². The van der Waals surface area contributed by atoms with Gasteiger partial charge in [0.2, 0.25) is 0 Å². The van der Waals surface area contributed by atoms with Crippen LogP contribution in [0.3, 0.4) is 0 Å². The van der Waals surface area contributed by atoms with E-state index < -0.39 is 0 Å². The first-order chi connectivity index (χ1) is 12.2. The molecule has 4 aromatic rings. The van der Waals surface area contributed by atoms with Gasteiger partial charge in [0.05, 0.1) is 6.61 Å². The van der Waals surface area contributed by atoms with Crippen molar-refractivity contribution in [3.05, 3.63) is 83.4 Å². The fraction of sp³-hybridized carbons (Fsp3) is 0.0476. The Labute approximate surface area is 150 Å². The molecular weight excluding hydrogens is 336 g/mol. The summed E-state index contributed by atoms with van der Waals surface area (Å²) in [5, 5.41) is 10.8. The molecule has 4 heteroatoms. The Bertz CT molecular complexity index is 1000. The molecule has 0 amide bonds. The minimum Gasteiger partial charge on any atom is -0.457 e. The summed E-state index contributed by atoms with van der Waals surface area (Å²) in [5.41, 5.74) is 2.64. The van der Waals surface area contributed by atoms with Crippen LogP contribution in [0.15, 0.2) is 77.2 Å². The van der Waals surface area contributed by atoms with Crippen molar-refractivity contribution >= 4 is 22.6 Å². The van der Waals surface area contributed by atoms with Crippen molar-refractivity contribution in [2.24, 2.45) is 0 Å². The molecule has 0 radical (unpaired) electrons. The van der Waals surface area contributed by atoms with E-state index in [0.29, 0.717) is 5.02 Å². The van der Waals surface area contributed by atoms with Crippen LogP contribution in [0.1, 0.15) is 5.56 Å². The highest BCUT2D eigenvalue weighted by atomic mass is 35.5. The SMILES string of the molecule is OCc1ccc(-c2cc3cc(Oc4ccc(Cl)cc4)ccc3o2)cc1. The number of hydrogen-bond acceptors (Lipinski definition) is 3. The van der Waals surface area contributed by atoms with Crippen LogP contribution in [-0.4, -0.2) is 5.11 Å². The molecule has 1 heterocycles. The molecule has 0 saturated heterocycles. The maximum atomic E-state index is 9.14. The molecule has 0 aliphatic rings. The summed E-state index contributed by atoms with van der Waals surface area (Å²) < 4.78 is 11.8. The van der Waals surface area contributed by atoms with Gasteiger partial charge in [-0.1, -0.05) is 35.9 Å². The maximum absolute atomic E-state index is 9.14. The molecule has 0 atom stereocenters. The fourth-order valence-electron chi connectivity index (χ4n) is 2.64. The van der Waals surface area contributed by atoms with Gasteiger partial charge in [0.25, 0.3) is 0 Å². The van der Waals surface area contributed by atoms with Crippen molar-refractivity contribution in [1.29, 1.82) is 0 Å². The van der Waals surface area contributed by atoms with Crippen molar-refractivity contribution in [3.8, 4) is 22.8 Å². The van der Waals surface area contributed by atoms with Gasteiger partial charge in [-0.15, -0.1) is 0 Å². The maximum Gasteiger partial charge on any atom is 0.135 e. The summed E-state index contributed by atoms with van der Waals surface area (Å²) in [6.45, 7) is 0.0335. The number of halogens is 1. The van der Waals surface area contributed by atoms with Gasteiger partial charge in [0.15, 0.2) is 0 Å². The molecule has 3 nitrogen and oxygen atoms in total. The molecule has 0 bridgehead atoms. The van der Waals surface area contributed by atoms with Crippen molar-refractivity contribution in [3.63, 3.8) is 0 Å². The van der Waals surface area contributed by atoms with Crippen LogP contribution in [0.4, 0.5) is 0 Å². The van der Waals surface area contributed by atoms with Gasteiger partial charge in [-0.3, -0.25) is 0 Å². The topological polar surface area (TPSA) is 42.6 Å². The Kier molecular flexibility index (Phi) is 4.18. The van der Waals surface area contributed by atoms with Gasteiger partial charge in [-0.25, -0.2) is 0 Å². The summed E-state index contributed by atoms with van der Waals surface area (Å²) in [6.07, 6.45) is 0. The zero-order chi connectivity index (χ0) is 17.2. The summed E-state index contributed by atoms with van der Waals surface area (Å²) in [4.78, 5) is 0. The Morgan fingerprint density at radius 1 is 0.840 bits per heavy atom. The van der Waals surface area contributed by atoms with Crippen LogP contribution in [0.2, 0.25) is 5.02 Å². The van der Waals surface area contributed by atoms with Gasteiger partial charge in [0.1, 0.15) is 22.8 Å². The monoisotopic (exact) mass is 350 g/mol. The van der Waals surface area contributed by atoms with Gasteiger partial charge < -0.3 is 14.3 Å². The van der Waals surface area contributed by atoms with Crippen molar-refractivity contribution in [2.45, 2.75) is 6.61 Å². The van der Waals surface area contributed by atoms with Crippen LogP contribution >= 0.6 is 11.6 Å². The van der Waals surface area contributed by atoms with Crippen LogP contribution in [0, 0.1) is 0 Å². The molecule has 0 fully saturated rings. The lowest BCUT2D eigenvalue weighted by Gasteiger charge is -2.05. The number of benzene rings is 3. The Hall–Kier alpha value is -2.75. The quantitative estimate of drug-likeness (QED) is 0.488. The normalized spacial score (nSPS) is 11.0. The van der Waals surface area contributed by atoms with E-state index in [2.05, 4.69) is 0 Å². The lowest BCUT2D eigenvalue weighted by atomic mass is 10.1. The van der Waals surface area contributed by atoms with Gasteiger partial charge in [-0.05, 0) is 54.1 Å². The molecule has 4 rings (SSSR count). The first kappa shape index (κ1) is 15.8. The third-order valence-corrected chi connectivity index (χ3v) is 4.21. The van der Waals surface area contributed by atoms with Gasteiger partial charge in [0, 0.05) is 16.0 Å². The number of hydrogen-bond donors (Lipinski definition) is 1. The van der Waals surface area contributed by atoms with Gasteiger partial charge in [-0.2, -0.15) is 0 Å². The van der Waals surface area contributed by atoms with Crippen LogP contribution < -0.4 is 4.74 Å². The van der Waals surface area contributed by atoms with Crippen molar-refractivity contribution in [1.82, 2.24) is 0 Å². The van der Waals surface area contributed by atoms with E-state index in [0.717, 1.165) is 39.4 Å². The largest absolute Gasteiger partial charge is 0.457 e. The molecule has 124 valence electrons. The standard InChI is InChI=1S/C21H15ClO3/c22-17-5-7-18(8-6-17)24-19-9-10-20-16(11-19)12-21(25-20)15-3-1-14(13-23)2-4-15/h1-12,23H,13H2. The fourth-order valence-corrected chi connectivity index (χ4v) is 2.77. The highest BCUT2D eigenvalue weighted by Crippen LogP contribution is 2.32. The Morgan fingerprint density at radius 2 is 1.56 bits per heavy atom. The zero-order valence-electron chi connectivity index (χ0n) is 13.3. The lowest BCUT2D eigenvalue weighted by Crippen LogP contribution is -1.82. The Morgan fingerprint density at radius 3 is 2.28 bits per heavy atom. The summed E-state index contributed by atoms with van der Waals surface area (Å²) in [5.74, 6) is 2.24. The van der Waals surface area contributed by atoms with E-state index >= 15 is 0 Å². The summed E-state index contributed by atoms with van der Waals surface area (Å²) in [7, 11) is 0. The van der Waals surface area contributed by atoms with Crippen molar-refractivity contribution < 1.29 is 14.3 Å². The van der Waals surface area contributed by atoms with Gasteiger partial charge >= 0.3 is 0 Å². The average Bonchev–Trinajstić information content (AvgIpc) is 3.07. The van der Waals surface area contributed by atoms with E-state index in [1.165, 1.54) is 0 Å². The molecule has 1 N–H and O–H groups in total. The molecule has 25 heavy (non-hydrogen) atoms. The third-order valence-electron chi connectivity index (χ3n) is 3.96. The summed E-state index contributed by atoms with van der Waals surface area (Å²) in [6, 6.07) is 22.6. The first-order valence-corrected chi connectivity index (χ1v) is 8.26. The molecule has 0 unspecified atom stereocenters. The number of furan rings is 1. The predicted molar refractivity (Wildman–Crippen MR) is 99.1 cm³/mol. The minimum atomic E-state index is 0.0335. The predicted octanol–water partition coefficient (Wildman–Crippen LogP) is 6.04. The van der Waals surface area contributed by atoms with Crippen LogP contribution in [-0.2, 0) is 6.61 Å². The zero-order valence-corrected chi connectivity index (χ0v) is 14.0. The molecule has 0 aliphatic carbocycles. The molecule has 1 aromatic heterocycles. The Balaban J connectivity index is 1.63. The molecule has 0 aliphatic heterocycles. The third kappa shape index (κ3) is 3.38. The minimum absolute atomic E-state index is 0.0335. The number of rotatable bonds is 4. The van der Waals surface area contributed by atoms with Crippen LogP contribution in [0.25, 0.3) is 22.3 Å². The average molecular weight is 351 g/mol. The molecule has 3 aromatic carbocycles. The smallest absolute Gasteiger partial charge is 0.135 e.